The molecule has 0 fully saturated rings. The number of aliphatic hydroxyl groups is 2. The molecule has 0 aliphatic heterocycles. The van der Waals surface area contributed by atoms with Crippen molar-refractivity contribution in [3.8, 4) is 0 Å². The summed E-state index contributed by atoms with van der Waals surface area (Å²) in [5, 5.41) is 25.5. The maximum Gasteiger partial charge on any atom is 0.212 e. The highest BCUT2D eigenvalue weighted by atomic mass is 16.7. The summed E-state index contributed by atoms with van der Waals surface area (Å²) >= 11 is 0. The fourth-order valence-corrected chi connectivity index (χ4v) is 5.52. The van der Waals surface area contributed by atoms with Crippen molar-refractivity contribution in [2.24, 2.45) is 5.16 Å². The molecular formula is C37H51NO3. The Labute approximate surface area is 248 Å². The SMILES string of the molecule is CCCCCCCCCCCCCCCC(O)C(CO)=NOC(c1ccccc1)(c1ccccc1)c1ccccc1. The maximum absolute atomic E-state index is 10.9. The van der Waals surface area contributed by atoms with Gasteiger partial charge in [-0.2, -0.15) is 0 Å². The van der Waals surface area contributed by atoms with Crippen molar-refractivity contribution in [2.75, 3.05) is 6.61 Å². The first kappa shape index (κ1) is 32.6. The zero-order chi connectivity index (χ0) is 29.0. The highest BCUT2D eigenvalue weighted by Gasteiger charge is 2.39. The van der Waals surface area contributed by atoms with Gasteiger partial charge in [0.15, 0.2) is 0 Å². The van der Waals surface area contributed by atoms with E-state index in [1.807, 2.05) is 91.0 Å². The van der Waals surface area contributed by atoms with Crippen LogP contribution in [0.2, 0.25) is 0 Å². The van der Waals surface area contributed by atoms with E-state index in [2.05, 4.69) is 12.1 Å². The summed E-state index contributed by atoms with van der Waals surface area (Å²) in [5.41, 5.74) is 1.99. The van der Waals surface area contributed by atoms with E-state index < -0.39 is 11.7 Å². The molecule has 2 N–H and O–H groups in total. The molecule has 0 amide bonds. The highest BCUT2D eigenvalue weighted by molar-refractivity contribution is 5.89. The van der Waals surface area contributed by atoms with Gasteiger partial charge >= 0.3 is 0 Å². The van der Waals surface area contributed by atoms with Crippen LogP contribution in [-0.4, -0.2) is 28.6 Å². The molecule has 0 radical (unpaired) electrons. The molecule has 3 aromatic carbocycles. The summed E-state index contributed by atoms with van der Waals surface area (Å²) in [6, 6.07) is 30.0. The Bertz CT molecular complexity index is 988. The van der Waals surface area contributed by atoms with Crippen LogP contribution in [0.25, 0.3) is 0 Å². The minimum Gasteiger partial charge on any atom is -0.390 e. The molecule has 0 heterocycles. The van der Waals surface area contributed by atoms with Crippen molar-refractivity contribution >= 4 is 5.71 Å². The van der Waals surface area contributed by atoms with Crippen LogP contribution in [0.15, 0.2) is 96.2 Å². The molecule has 3 aromatic rings. The van der Waals surface area contributed by atoms with Crippen molar-refractivity contribution in [3.05, 3.63) is 108 Å². The van der Waals surface area contributed by atoms with E-state index in [0.717, 1.165) is 29.5 Å². The molecule has 222 valence electrons. The number of nitrogens with zero attached hydrogens (tertiary/aromatic N) is 1. The Morgan fingerprint density at radius 2 is 0.976 bits per heavy atom. The molecule has 1 unspecified atom stereocenters. The zero-order valence-electron chi connectivity index (χ0n) is 25.1. The van der Waals surface area contributed by atoms with Gasteiger partial charge in [-0.05, 0) is 6.42 Å². The van der Waals surface area contributed by atoms with E-state index in [-0.39, 0.29) is 12.3 Å². The lowest BCUT2D eigenvalue weighted by molar-refractivity contribution is 0.0136. The number of rotatable bonds is 21. The van der Waals surface area contributed by atoms with E-state index in [1.54, 1.807) is 0 Å². The summed E-state index contributed by atoms with van der Waals surface area (Å²) in [5.74, 6) is 0. The van der Waals surface area contributed by atoms with Crippen molar-refractivity contribution in [1.82, 2.24) is 0 Å². The number of unbranched alkanes of at least 4 members (excludes halogenated alkanes) is 12. The second kappa shape index (κ2) is 19.2. The minimum atomic E-state index is -1.03. The van der Waals surface area contributed by atoms with E-state index in [9.17, 15) is 10.2 Å². The molecule has 0 aromatic heterocycles. The van der Waals surface area contributed by atoms with E-state index in [0.29, 0.717) is 6.42 Å². The highest BCUT2D eigenvalue weighted by Crippen LogP contribution is 2.40. The third kappa shape index (κ3) is 10.4. The second-order valence-corrected chi connectivity index (χ2v) is 11.2. The molecule has 0 spiro atoms. The van der Waals surface area contributed by atoms with Gasteiger partial charge in [0.1, 0.15) is 5.71 Å². The Morgan fingerprint density at radius 1 is 0.610 bits per heavy atom. The molecular weight excluding hydrogens is 506 g/mol. The number of benzene rings is 3. The monoisotopic (exact) mass is 557 g/mol. The van der Waals surface area contributed by atoms with Crippen LogP contribution < -0.4 is 0 Å². The van der Waals surface area contributed by atoms with Crippen molar-refractivity contribution in [1.29, 1.82) is 0 Å². The number of aliphatic hydroxyl groups excluding tert-OH is 2. The normalized spacial score (nSPS) is 12.8. The topological polar surface area (TPSA) is 62.0 Å². The molecule has 0 saturated heterocycles. The molecule has 41 heavy (non-hydrogen) atoms. The quantitative estimate of drug-likeness (QED) is 0.0594. The lowest BCUT2D eigenvalue weighted by Gasteiger charge is -2.33. The first-order valence-corrected chi connectivity index (χ1v) is 15.9. The smallest absolute Gasteiger partial charge is 0.212 e. The fourth-order valence-electron chi connectivity index (χ4n) is 5.52. The lowest BCUT2D eigenvalue weighted by atomic mass is 9.80. The van der Waals surface area contributed by atoms with Crippen molar-refractivity contribution in [2.45, 2.75) is 109 Å². The summed E-state index contributed by atoms with van der Waals surface area (Å²) in [4.78, 5) is 6.45. The van der Waals surface area contributed by atoms with Gasteiger partial charge in [-0.1, -0.05) is 187 Å². The van der Waals surface area contributed by atoms with Crippen LogP contribution in [-0.2, 0) is 10.4 Å². The molecule has 0 bridgehead atoms. The summed E-state index contributed by atoms with van der Waals surface area (Å²) < 4.78 is 0. The summed E-state index contributed by atoms with van der Waals surface area (Å²) in [6.45, 7) is 1.91. The summed E-state index contributed by atoms with van der Waals surface area (Å²) in [7, 11) is 0. The number of hydrogen-bond donors (Lipinski definition) is 2. The molecule has 0 aliphatic rings. The second-order valence-electron chi connectivity index (χ2n) is 11.2. The first-order chi connectivity index (χ1) is 20.2. The van der Waals surface area contributed by atoms with Gasteiger partial charge in [-0.15, -0.1) is 0 Å². The Balaban J connectivity index is 1.56. The van der Waals surface area contributed by atoms with Crippen molar-refractivity contribution in [3.63, 3.8) is 0 Å². The van der Waals surface area contributed by atoms with Crippen LogP contribution in [0.3, 0.4) is 0 Å². The summed E-state index contributed by atoms with van der Waals surface area (Å²) in [6.07, 6.45) is 16.4. The van der Waals surface area contributed by atoms with E-state index in [4.69, 9.17) is 4.84 Å². The third-order valence-corrected chi connectivity index (χ3v) is 7.97. The standard InChI is InChI=1S/C37H51NO3/c1-2-3-4-5-6-7-8-9-10-11-12-13-23-30-36(40)35(31-39)38-41-37(32-24-17-14-18-25-32,33-26-19-15-20-27-33)34-28-21-16-22-29-34/h14-22,24-29,36,39-40H,2-13,23,30-31H2,1H3. The van der Waals surface area contributed by atoms with Crippen LogP contribution in [0, 0.1) is 0 Å². The van der Waals surface area contributed by atoms with Gasteiger partial charge in [-0.25, -0.2) is 0 Å². The fraction of sp³-hybridized carbons (Fsp3) is 0.486. The van der Waals surface area contributed by atoms with E-state index >= 15 is 0 Å². The Kier molecular flexibility index (Phi) is 15.3. The van der Waals surface area contributed by atoms with Crippen LogP contribution in [0.1, 0.15) is 114 Å². The average molecular weight is 558 g/mol. The minimum absolute atomic E-state index is 0.260. The predicted octanol–water partition coefficient (Wildman–Crippen LogP) is 9.19. The largest absolute Gasteiger partial charge is 0.390 e. The molecule has 0 saturated carbocycles. The van der Waals surface area contributed by atoms with Crippen LogP contribution in [0.4, 0.5) is 0 Å². The predicted molar refractivity (Wildman–Crippen MR) is 171 cm³/mol. The average Bonchev–Trinajstić information content (AvgIpc) is 3.03. The maximum atomic E-state index is 10.9. The third-order valence-electron chi connectivity index (χ3n) is 7.97. The lowest BCUT2D eigenvalue weighted by Crippen LogP contribution is -2.33. The van der Waals surface area contributed by atoms with Gasteiger partial charge in [0, 0.05) is 16.7 Å². The molecule has 0 aliphatic carbocycles. The van der Waals surface area contributed by atoms with Gasteiger partial charge in [0.25, 0.3) is 0 Å². The molecule has 3 rings (SSSR count). The van der Waals surface area contributed by atoms with Gasteiger partial charge in [0.05, 0.1) is 12.7 Å². The van der Waals surface area contributed by atoms with Crippen LogP contribution in [0.5, 0.6) is 0 Å². The Hall–Kier alpha value is -2.95. The van der Waals surface area contributed by atoms with Crippen LogP contribution >= 0.6 is 0 Å². The number of hydrogen-bond acceptors (Lipinski definition) is 4. The van der Waals surface area contributed by atoms with Gasteiger partial charge in [-0.3, -0.25) is 0 Å². The molecule has 1 atom stereocenters. The number of oxime groups is 1. The molecule has 4 heteroatoms. The molecule has 4 nitrogen and oxygen atoms in total. The first-order valence-electron chi connectivity index (χ1n) is 15.9. The Morgan fingerprint density at radius 3 is 1.34 bits per heavy atom. The van der Waals surface area contributed by atoms with Gasteiger partial charge < -0.3 is 15.1 Å². The van der Waals surface area contributed by atoms with Crippen molar-refractivity contribution < 1.29 is 15.1 Å². The zero-order valence-corrected chi connectivity index (χ0v) is 25.1. The van der Waals surface area contributed by atoms with E-state index in [1.165, 1.54) is 70.6 Å². The van der Waals surface area contributed by atoms with Gasteiger partial charge in [0.2, 0.25) is 5.60 Å².